The van der Waals surface area contributed by atoms with E-state index in [-0.39, 0.29) is 36.9 Å². The quantitative estimate of drug-likeness (QED) is 0.672. The highest BCUT2D eigenvalue weighted by atomic mass is 16.5. The molecule has 1 aliphatic heterocycles. The van der Waals surface area contributed by atoms with Gasteiger partial charge >= 0.3 is 5.97 Å². The van der Waals surface area contributed by atoms with E-state index in [1.54, 1.807) is 6.07 Å². The van der Waals surface area contributed by atoms with Crippen LogP contribution in [0.25, 0.3) is 5.69 Å². The first-order valence-corrected chi connectivity index (χ1v) is 7.87. The van der Waals surface area contributed by atoms with Crippen molar-refractivity contribution >= 4 is 17.6 Å². The molecule has 2 heterocycles. The Morgan fingerprint density at radius 1 is 1.42 bits per heavy atom. The molecular formula is C16H18N6O4. The first-order chi connectivity index (χ1) is 12.5. The van der Waals surface area contributed by atoms with Crippen LogP contribution in [0.15, 0.2) is 35.8 Å². The lowest BCUT2D eigenvalue weighted by molar-refractivity contribution is -0.136. The maximum atomic E-state index is 12.6. The lowest BCUT2D eigenvalue weighted by Crippen LogP contribution is -2.31. The maximum absolute atomic E-state index is 12.6. The molecule has 0 fully saturated rings. The van der Waals surface area contributed by atoms with Gasteiger partial charge in [0.2, 0.25) is 0 Å². The summed E-state index contributed by atoms with van der Waals surface area (Å²) in [5.41, 5.74) is 2.56. The summed E-state index contributed by atoms with van der Waals surface area (Å²) in [6, 6.07) is 5.46. The number of nitrogens with one attached hydrogen (secondary N) is 1. The number of β-amino-alcohol motifs (C(OH)–C–C–N with tert-alkyl or cyclic N) is 1. The maximum Gasteiger partial charge on any atom is 0.337 e. The van der Waals surface area contributed by atoms with Gasteiger partial charge in [-0.25, -0.2) is 9.48 Å². The van der Waals surface area contributed by atoms with Crippen LogP contribution in [-0.4, -0.2) is 68.9 Å². The molecule has 0 atom stereocenters. The van der Waals surface area contributed by atoms with Crippen LogP contribution in [0.3, 0.4) is 0 Å². The van der Waals surface area contributed by atoms with Gasteiger partial charge < -0.3 is 20.1 Å². The summed E-state index contributed by atoms with van der Waals surface area (Å²) in [6.07, 6.45) is 1.46. The molecule has 26 heavy (non-hydrogen) atoms. The molecule has 0 saturated carbocycles. The fourth-order valence-electron chi connectivity index (χ4n) is 2.65. The van der Waals surface area contributed by atoms with Crippen LogP contribution in [0.4, 0.5) is 5.69 Å². The van der Waals surface area contributed by atoms with Crippen molar-refractivity contribution in [3.63, 3.8) is 0 Å². The number of nitrogens with zero attached hydrogens (tertiary/aromatic N) is 5. The highest BCUT2D eigenvalue weighted by Crippen LogP contribution is 2.26. The average Bonchev–Trinajstić information content (AvgIpc) is 3.27. The number of rotatable bonds is 6. The number of ether oxygens (including phenoxy) is 1. The third kappa shape index (κ3) is 3.26. The molecule has 136 valence electrons. The lowest BCUT2D eigenvalue weighted by atomic mass is 10.1. The zero-order valence-corrected chi connectivity index (χ0v) is 14.3. The molecule has 1 aromatic carbocycles. The predicted molar refractivity (Wildman–Crippen MR) is 90.2 cm³/mol. The van der Waals surface area contributed by atoms with Crippen molar-refractivity contribution in [1.29, 1.82) is 0 Å². The van der Waals surface area contributed by atoms with Gasteiger partial charge in [-0.2, -0.15) is 0 Å². The fraction of sp³-hybridized carbons (Fsp3) is 0.312. The highest BCUT2D eigenvalue weighted by molar-refractivity contribution is 6.08. The second kappa shape index (κ2) is 7.31. The topological polar surface area (TPSA) is 122 Å². The van der Waals surface area contributed by atoms with Crippen molar-refractivity contribution in [3.8, 4) is 5.69 Å². The van der Waals surface area contributed by atoms with Gasteiger partial charge in [-0.15, -0.1) is 5.10 Å². The van der Waals surface area contributed by atoms with E-state index in [2.05, 4.69) is 20.8 Å². The van der Waals surface area contributed by atoms with Crippen LogP contribution >= 0.6 is 0 Å². The van der Waals surface area contributed by atoms with E-state index < -0.39 is 5.97 Å². The molecule has 10 heteroatoms. The summed E-state index contributed by atoms with van der Waals surface area (Å²) in [7, 11) is 1.26. The Balaban J connectivity index is 1.96. The van der Waals surface area contributed by atoms with Crippen molar-refractivity contribution in [2.45, 2.75) is 6.92 Å². The van der Waals surface area contributed by atoms with Crippen LogP contribution in [0.5, 0.6) is 0 Å². The van der Waals surface area contributed by atoms with Gasteiger partial charge in [0.25, 0.3) is 5.91 Å². The number of carbonyl (C=O) groups is 2. The van der Waals surface area contributed by atoms with Gasteiger partial charge in [-0.1, -0.05) is 6.07 Å². The summed E-state index contributed by atoms with van der Waals surface area (Å²) in [5.74, 6) is -0.956. The Kier molecular flexibility index (Phi) is 4.94. The van der Waals surface area contributed by atoms with Crippen molar-refractivity contribution in [3.05, 3.63) is 41.4 Å². The molecule has 0 unspecified atom stereocenters. The van der Waals surface area contributed by atoms with Gasteiger partial charge in [0, 0.05) is 12.2 Å². The second-order valence-corrected chi connectivity index (χ2v) is 5.67. The molecule has 0 spiro atoms. The molecule has 2 N–H and O–H groups in total. The van der Waals surface area contributed by atoms with E-state index in [0.717, 1.165) is 5.56 Å². The number of tetrazole rings is 1. The van der Waals surface area contributed by atoms with E-state index in [1.165, 1.54) is 23.0 Å². The number of aromatic nitrogens is 4. The number of anilines is 1. The largest absolute Gasteiger partial charge is 0.466 e. The highest BCUT2D eigenvalue weighted by Gasteiger charge is 2.34. The third-order valence-corrected chi connectivity index (χ3v) is 4.05. The van der Waals surface area contributed by atoms with Crippen molar-refractivity contribution in [2.24, 2.45) is 0 Å². The number of amides is 1. The first kappa shape index (κ1) is 17.5. The summed E-state index contributed by atoms with van der Waals surface area (Å²) in [5, 5.41) is 23.2. The second-order valence-electron chi connectivity index (χ2n) is 5.67. The number of hydrogen-bond donors (Lipinski definition) is 2. The minimum atomic E-state index is -0.587. The molecule has 1 aliphatic rings. The van der Waals surface area contributed by atoms with Gasteiger partial charge in [0.15, 0.2) is 0 Å². The number of benzene rings is 1. The van der Waals surface area contributed by atoms with Crippen molar-refractivity contribution in [2.75, 3.05) is 32.1 Å². The number of hydrogen-bond acceptors (Lipinski definition) is 8. The molecular weight excluding hydrogens is 340 g/mol. The van der Waals surface area contributed by atoms with Crippen molar-refractivity contribution < 1.29 is 19.4 Å². The molecule has 2 aromatic rings. The Morgan fingerprint density at radius 2 is 2.23 bits per heavy atom. The smallest absolute Gasteiger partial charge is 0.337 e. The fourth-order valence-corrected chi connectivity index (χ4v) is 2.65. The van der Waals surface area contributed by atoms with E-state index in [4.69, 9.17) is 9.84 Å². The number of aryl methyl sites for hydroxylation is 1. The molecule has 3 rings (SSSR count). The van der Waals surface area contributed by atoms with Crippen LogP contribution in [0, 0.1) is 6.92 Å². The Hall–Kier alpha value is -3.27. The first-order valence-electron chi connectivity index (χ1n) is 7.87. The SMILES string of the molecule is COC(=O)C1=C(Nc2cc(-n3cnnn3)ccc2C)C(=O)N(CCO)C1. The van der Waals surface area contributed by atoms with Gasteiger partial charge in [-0.05, 0) is 35.0 Å². The standard InChI is InChI=1S/C16H18N6O4/c1-10-3-4-11(22-9-17-19-20-22)7-13(10)18-14-12(16(25)26-2)8-21(5-6-23)15(14)24/h3-4,7,9,18,23H,5-6,8H2,1-2H3. The Labute approximate surface area is 149 Å². The third-order valence-electron chi connectivity index (χ3n) is 4.05. The van der Waals surface area contributed by atoms with Crippen LogP contribution in [-0.2, 0) is 14.3 Å². The van der Waals surface area contributed by atoms with Gasteiger partial charge in [0.1, 0.15) is 12.0 Å². The minimum absolute atomic E-state index is 0.0835. The van der Waals surface area contributed by atoms with Crippen LogP contribution in [0.2, 0.25) is 0 Å². The lowest BCUT2D eigenvalue weighted by Gasteiger charge is -2.16. The van der Waals surface area contributed by atoms with Crippen LogP contribution in [0.1, 0.15) is 5.56 Å². The summed E-state index contributed by atoms with van der Waals surface area (Å²) in [6.45, 7) is 1.89. The predicted octanol–water partition coefficient (Wildman–Crippen LogP) is -0.356. The van der Waals surface area contributed by atoms with Crippen LogP contribution < -0.4 is 5.32 Å². The number of esters is 1. The van der Waals surface area contributed by atoms with E-state index >= 15 is 0 Å². The number of aliphatic hydroxyl groups excluding tert-OH is 1. The summed E-state index contributed by atoms with van der Waals surface area (Å²) >= 11 is 0. The average molecular weight is 358 g/mol. The zero-order chi connectivity index (χ0) is 18.7. The monoisotopic (exact) mass is 358 g/mol. The minimum Gasteiger partial charge on any atom is -0.466 e. The summed E-state index contributed by atoms with van der Waals surface area (Å²) in [4.78, 5) is 26.0. The number of aliphatic hydroxyl groups is 1. The summed E-state index contributed by atoms with van der Waals surface area (Å²) < 4.78 is 6.26. The van der Waals surface area contributed by atoms with E-state index in [0.29, 0.717) is 11.4 Å². The molecule has 0 radical (unpaired) electrons. The number of methoxy groups -OCH3 is 1. The molecule has 1 amide bonds. The number of carbonyl (C=O) groups excluding carboxylic acids is 2. The normalized spacial score (nSPS) is 14.1. The molecule has 0 aliphatic carbocycles. The molecule has 0 saturated heterocycles. The van der Waals surface area contributed by atoms with Gasteiger partial charge in [-0.3, -0.25) is 4.79 Å². The Morgan fingerprint density at radius 3 is 2.88 bits per heavy atom. The van der Waals surface area contributed by atoms with Gasteiger partial charge in [0.05, 0.1) is 31.5 Å². The van der Waals surface area contributed by atoms with E-state index in [1.807, 2.05) is 19.1 Å². The van der Waals surface area contributed by atoms with Crippen molar-refractivity contribution in [1.82, 2.24) is 25.1 Å². The molecule has 10 nitrogen and oxygen atoms in total. The molecule has 1 aromatic heterocycles. The van der Waals surface area contributed by atoms with E-state index in [9.17, 15) is 9.59 Å². The zero-order valence-electron chi connectivity index (χ0n) is 14.3. The molecule has 0 bridgehead atoms. The Bertz CT molecular complexity index is 862.